The minimum absolute atomic E-state index is 0.501. The number of H-pyrrole nitrogens is 1. The Labute approximate surface area is 145 Å². The van der Waals surface area contributed by atoms with E-state index in [0.717, 1.165) is 48.5 Å². The Kier molecular flexibility index (Phi) is 4.17. The molecular formula is C17H21N7O. The predicted molar refractivity (Wildman–Crippen MR) is 94.7 cm³/mol. The number of aromatic amines is 1. The number of imidazole rings is 1. The maximum absolute atomic E-state index is 5.47. The molecule has 4 heterocycles. The van der Waals surface area contributed by atoms with Crippen molar-refractivity contribution in [2.75, 3.05) is 25.1 Å². The van der Waals surface area contributed by atoms with Crippen molar-refractivity contribution in [3.05, 3.63) is 18.3 Å². The van der Waals surface area contributed by atoms with Crippen LogP contribution < -0.4 is 9.64 Å². The first-order chi connectivity index (χ1) is 12.3. The van der Waals surface area contributed by atoms with Crippen molar-refractivity contribution in [2.45, 2.75) is 32.6 Å². The van der Waals surface area contributed by atoms with Crippen LogP contribution in [0.15, 0.2) is 12.7 Å². The summed E-state index contributed by atoms with van der Waals surface area (Å²) in [5.41, 5.74) is 3.19. The molecule has 0 atom stereocenters. The molecule has 0 aromatic carbocycles. The van der Waals surface area contributed by atoms with E-state index in [2.05, 4.69) is 36.7 Å². The molecule has 8 heteroatoms. The standard InChI is InChI=1S/C17H21N7O/c1-3-6-11-12(17(25-2)21-9-18-11)14-22-15-13(19-10-20-15)16(23-14)24-7-4-5-8-24/h9-10H,3-8H2,1-2H3,(H,19,20,22,23). The second-order valence-electron chi connectivity index (χ2n) is 6.12. The highest BCUT2D eigenvalue weighted by molar-refractivity contribution is 5.86. The Morgan fingerprint density at radius 2 is 2.00 bits per heavy atom. The van der Waals surface area contributed by atoms with Gasteiger partial charge in [-0.25, -0.2) is 24.9 Å². The molecule has 4 rings (SSSR count). The Hall–Kier alpha value is -2.77. The molecule has 0 saturated carbocycles. The van der Waals surface area contributed by atoms with E-state index in [1.807, 2.05) is 0 Å². The van der Waals surface area contributed by atoms with Crippen molar-refractivity contribution in [3.63, 3.8) is 0 Å². The molecule has 1 aliphatic rings. The second kappa shape index (κ2) is 6.62. The first-order valence-corrected chi connectivity index (χ1v) is 8.66. The summed E-state index contributed by atoms with van der Waals surface area (Å²) in [6.07, 6.45) is 7.32. The fourth-order valence-electron chi connectivity index (χ4n) is 3.30. The third-order valence-corrected chi connectivity index (χ3v) is 4.47. The van der Waals surface area contributed by atoms with E-state index in [9.17, 15) is 0 Å². The zero-order valence-electron chi connectivity index (χ0n) is 14.5. The average Bonchev–Trinajstić information content (AvgIpc) is 3.32. The van der Waals surface area contributed by atoms with Crippen LogP contribution in [-0.4, -0.2) is 50.1 Å². The van der Waals surface area contributed by atoms with Gasteiger partial charge in [0.25, 0.3) is 0 Å². The number of anilines is 1. The van der Waals surface area contributed by atoms with Crippen LogP contribution in [0.25, 0.3) is 22.6 Å². The van der Waals surface area contributed by atoms with Gasteiger partial charge in [-0.1, -0.05) is 13.3 Å². The monoisotopic (exact) mass is 339 g/mol. The van der Waals surface area contributed by atoms with Crippen LogP contribution in [0.4, 0.5) is 5.82 Å². The van der Waals surface area contributed by atoms with Gasteiger partial charge in [-0.3, -0.25) is 0 Å². The first kappa shape index (κ1) is 15.7. The highest BCUT2D eigenvalue weighted by atomic mass is 16.5. The predicted octanol–water partition coefficient (Wildman–Crippen LogP) is 2.37. The quantitative estimate of drug-likeness (QED) is 0.763. The van der Waals surface area contributed by atoms with Gasteiger partial charge >= 0.3 is 0 Å². The number of nitrogens with zero attached hydrogens (tertiary/aromatic N) is 6. The third-order valence-electron chi connectivity index (χ3n) is 4.47. The van der Waals surface area contributed by atoms with Crippen molar-refractivity contribution in [1.29, 1.82) is 0 Å². The molecule has 1 aliphatic heterocycles. The number of fused-ring (bicyclic) bond motifs is 1. The smallest absolute Gasteiger partial charge is 0.227 e. The zero-order chi connectivity index (χ0) is 17.2. The summed E-state index contributed by atoms with van der Waals surface area (Å²) < 4.78 is 5.47. The molecule has 3 aromatic rings. The number of aryl methyl sites for hydroxylation is 1. The summed E-state index contributed by atoms with van der Waals surface area (Å²) in [6, 6.07) is 0. The number of ether oxygens (including phenoxy) is 1. The van der Waals surface area contributed by atoms with Crippen LogP contribution in [0, 0.1) is 0 Å². The van der Waals surface area contributed by atoms with E-state index < -0.39 is 0 Å². The van der Waals surface area contributed by atoms with Crippen molar-refractivity contribution in [1.82, 2.24) is 29.9 Å². The molecule has 0 aliphatic carbocycles. The Balaban J connectivity index is 1.92. The molecular weight excluding hydrogens is 318 g/mol. The number of methoxy groups -OCH3 is 1. The molecule has 0 unspecified atom stereocenters. The molecule has 0 spiro atoms. The summed E-state index contributed by atoms with van der Waals surface area (Å²) in [5, 5.41) is 0. The van der Waals surface area contributed by atoms with Gasteiger partial charge in [0, 0.05) is 13.1 Å². The van der Waals surface area contributed by atoms with Crippen LogP contribution in [-0.2, 0) is 6.42 Å². The van der Waals surface area contributed by atoms with E-state index >= 15 is 0 Å². The zero-order valence-corrected chi connectivity index (χ0v) is 14.5. The van der Waals surface area contributed by atoms with Gasteiger partial charge in [0.15, 0.2) is 17.3 Å². The van der Waals surface area contributed by atoms with E-state index in [1.165, 1.54) is 19.2 Å². The van der Waals surface area contributed by atoms with Crippen LogP contribution in [0.3, 0.4) is 0 Å². The number of hydrogen-bond acceptors (Lipinski definition) is 7. The molecule has 25 heavy (non-hydrogen) atoms. The highest BCUT2D eigenvalue weighted by Gasteiger charge is 2.23. The fourth-order valence-corrected chi connectivity index (χ4v) is 3.30. The molecule has 0 radical (unpaired) electrons. The lowest BCUT2D eigenvalue weighted by Crippen LogP contribution is -2.20. The van der Waals surface area contributed by atoms with Crippen molar-refractivity contribution >= 4 is 17.0 Å². The molecule has 3 aromatic heterocycles. The van der Waals surface area contributed by atoms with Gasteiger partial charge in [-0.15, -0.1) is 0 Å². The molecule has 0 bridgehead atoms. The minimum Gasteiger partial charge on any atom is -0.480 e. The fraction of sp³-hybridized carbons (Fsp3) is 0.471. The van der Waals surface area contributed by atoms with E-state index in [-0.39, 0.29) is 0 Å². The Bertz CT molecular complexity index is 886. The van der Waals surface area contributed by atoms with Gasteiger partial charge in [0.1, 0.15) is 17.4 Å². The van der Waals surface area contributed by atoms with Crippen molar-refractivity contribution < 1.29 is 4.74 Å². The summed E-state index contributed by atoms with van der Waals surface area (Å²) in [5.74, 6) is 1.96. The number of rotatable bonds is 5. The molecule has 8 nitrogen and oxygen atoms in total. The van der Waals surface area contributed by atoms with Crippen LogP contribution in [0.5, 0.6) is 5.88 Å². The molecule has 1 N–H and O–H groups in total. The molecule has 0 amide bonds. The highest BCUT2D eigenvalue weighted by Crippen LogP contribution is 2.33. The van der Waals surface area contributed by atoms with E-state index in [1.54, 1.807) is 13.4 Å². The maximum atomic E-state index is 5.47. The van der Waals surface area contributed by atoms with Crippen LogP contribution >= 0.6 is 0 Å². The van der Waals surface area contributed by atoms with Crippen molar-refractivity contribution in [2.24, 2.45) is 0 Å². The van der Waals surface area contributed by atoms with Gasteiger partial charge < -0.3 is 14.6 Å². The summed E-state index contributed by atoms with van der Waals surface area (Å²) >= 11 is 0. The number of aromatic nitrogens is 6. The molecule has 1 saturated heterocycles. The minimum atomic E-state index is 0.501. The summed E-state index contributed by atoms with van der Waals surface area (Å²) in [7, 11) is 1.61. The largest absolute Gasteiger partial charge is 0.480 e. The van der Waals surface area contributed by atoms with E-state index in [0.29, 0.717) is 17.4 Å². The number of hydrogen-bond donors (Lipinski definition) is 1. The Morgan fingerprint density at radius 3 is 2.76 bits per heavy atom. The van der Waals surface area contributed by atoms with Gasteiger partial charge in [0.05, 0.1) is 19.1 Å². The maximum Gasteiger partial charge on any atom is 0.227 e. The molecule has 1 fully saturated rings. The first-order valence-electron chi connectivity index (χ1n) is 8.66. The summed E-state index contributed by atoms with van der Waals surface area (Å²) in [4.78, 5) is 28.0. The normalized spacial score (nSPS) is 14.4. The topological polar surface area (TPSA) is 92.7 Å². The van der Waals surface area contributed by atoms with Crippen LogP contribution in [0.1, 0.15) is 31.9 Å². The van der Waals surface area contributed by atoms with E-state index in [4.69, 9.17) is 9.72 Å². The SMILES string of the molecule is CCCc1ncnc(OC)c1-c1nc(N2CCCC2)c2[nH]cnc2n1. The lowest BCUT2D eigenvalue weighted by Gasteiger charge is -2.18. The van der Waals surface area contributed by atoms with Gasteiger partial charge in [0.2, 0.25) is 5.88 Å². The third kappa shape index (κ3) is 2.77. The van der Waals surface area contributed by atoms with Crippen LogP contribution in [0.2, 0.25) is 0 Å². The lowest BCUT2D eigenvalue weighted by molar-refractivity contribution is 0.397. The molecule has 130 valence electrons. The Morgan fingerprint density at radius 1 is 1.16 bits per heavy atom. The van der Waals surface area contributed by atoms with Gasteiger partial charge in [-0.05, 0) is 19.3 Å². The second-order valence-corrected chi connectivity index (χ2v) is 6.12. The lowest BCUT2D eigenvalue weighted by atomic mass is 10.1. The average molecular weight is 339 g/mol. The van der Waals surface area contributed by atoms with Crippen molar-refractivity contribution in [3.8, 4) is 17.3 Å². The summed E-state index contributed by atoms with van der Waals surface area (Å²) in [6.45, 7) is 4.11. The van der Waals surface area contributed by atoms with Gasteiger partial charge in [-0.2, -0.15) is 0 Å². The number of nitrogens with one attached hydrogen (secondary N) is 1.